The van der Waals surface area contributed by atoms with Gasteiger partial charge in [-0.1, -0.05) is 0 Å². The average molecular weight is 327 g/mol. The van der Waals surface area contributed by atoms with Gasteiger partial charge in [0, 0.05) is 13.0 Å². The van der Waals surface area contributed by atoms with Crippen molar-refractivity contribution in [3.63, 3.8) is 0 Å². The Morgan fingerprint density at radius 2 is 2.09 bits per heavy atom. The first kappa shape index (κ1) is 16.7. The van der Waals surface area contributed by atoms with E-state index in [2.05, 4.69) is 4.72 Å². The Hall–Kier alpha value is -1.70. The van der Waals surface area contributed by atoms with Crippen molar-refractivity contribution in [1.82, 2.24) is 4.72 Å². The molecule has 2 aromatic rings. The number of sulfonamides is 1. The lowest BCUT2D eigenvalue weighted by Crippen LogP contribution is -2.42. The smallest absolute Gasteiger partial charge is 0.240 e. The second-order valence-electron chi connectivity index (χ2n) is 5.49. The fraction of sp³-hybridized carbons (Fsp3) is 0.333. The fourth-order valence-corrected chi connectivity index (χ4v) is 3.48. The lowest BCUT2D eigenvalue weighted by atomic mass is 10.0. The van der Waals surface area contributed by atoms with Crippen molar-refractivity contribution in [3.8, 4) is 0 Å². The van der Waals surface area contributed by atoms with E-state index in [0.717, 1.165) is 12.1 Å². The molecule has 1 atom stereocenters. The molecule has 0 radical (unpaired) electrons. The third-order valence-corrected chi connectivity index (χ3v) is 4.77. The SMILES string of the molecule is Cc1cc(F)ccc1S(=O)(=O)NC[C@@](C)(O)Cc1ccco1. The number of halogens is 1. The van der Waals surface area contributed by atoms with E-state index < -0.39 is 21.4 Å². The number of benzene rings is 1. The Labute approximate surface area is 128 Å². The van der Waals surface area contributed by atoms with E-state index in [0.29, 0.717) is 11.3 Å². The second-order valence-corrected chi connectivity index (χ2v) is 7.22. The molecule has 0 aliphatic heterocycles. The number of hydrogen-bond donors (Lipinski definition) is 2. The second kappa shape index (κ2) is 6.20. The van der Waals surface area contributed by atoms with Crippen molar-refractivity contribution in [1.29, 1.82) is 0 Å². The van der Waals surface area contributed by atoms with Crippen LogP contribution in [0.1, 0.15) is 18.2 Å². The normalized spacial score (nSPS) is 14.7. The van der Waals surface area contributed by atoms with Crippen molar-refractivity contribution in [2.75, 3.05) is 6.54 Å². The van der Waals surface area contributed by atoms with Crippen molar-refractivity contribution < 1.29 is 22.3 Å². The highest BCUT2D eigenvalue weighted by Crippen LogP contribution is 2.18. The van der Waals surface area contributed by atoms with Crippen LogP contribution in [-0.4, -0.2) is 25.7 Å². The van der Waals surface area contributed by atoms with E-state index in [1.807, 2.05) is 0 Å². The van der Waals surface area contributed by atoms with Crippen LogP contribution in [0.3, 0.4) is 0 Å². The maximum atomic E-state index is 13.1. The number of aryl methyl sites for hydroxylation is 1. The summed E-state index contributed by atoms with van der Waals surface area (Å²) in [6, 6.07) is 6.83. The van der Waals surface area contributed by atoms with Gasteiger partial charge in [0.25, 0.3) is 0 Å². The van der Waals surface area contributed by atoms with Crippen LogP contribution >= 0.6 is 0 Å². The molecule has 0 bridgehead atoms. The first-order valence-electron chi connectivity index (χ1n) is 6.70. The molecular weight excluding hydrogens is 309 g/mol. The Morgan fingerprint density at radius 3 is 2.68 bits per heavy atom. The van der Waals surface area contributed by atoms with Gasteiger partial charge >= 0.3 is 0 Å². The summed E-state index contributed by atoms with van der Waals surface area (Å²) in [5, 5.41) is 10.3. The van der Waals surface area contributed by atoms with Crippen LogP contribution in [0.4, 0.5) is 4.39 Å². The van der Waals surface area contributed by atoms with Crippen LogP contribution < -0.4 is 4.72 Å². The fourth-order valence-electron chi connectivity index (χ4n) is 2.09. The quantitative estimate of drug-likeness (QED) is 0.850. The summed E-state index contributed by atoms with van der Waals surface area (Å²) in [4.78, 5) is -0.0114. The molecule has 0 aliphatic carbocycles. The van der Waals surface area contributed by atoms with E-state index in [4.69, 9.17) is 4.42 Å². The molecule has 2 rings (SSSR count). The molecule has 5 nitrogen and oxygen atoms in total. The van der Waals surface area contributed by atoms with Crippen LogP contribution in [0.5, 0.6) is 0 Å². The number of aliphatic hydroxyl groups is 1. The van der Waals surface area contributed by atoms with Gasteiger partial charge in [-0.3, -0.25) is 0 Å². The van der Waals surface area contributed by atoms with Gasteiger partial charge in [-0.15, -0.1) is 0 Å². The summed E-state index contributed by atoms with van der Waals surface area (Å²) in [5.41, 5.74) is -1.00. The Balaban J connectivity index is 2.08. The molecule has 0 aliphatic rings. The van der Waals surface area contributed by atoms with Gasteiger partial charge in [0.05, 0.1) is 16.8 Å². The summed E-state index contributed by atoms with van der Waals surface area (Å²) in [7, 11) is -3.83. The van der Waals surface area contributed by atoms with E-state index >= 15 is 0 Å². The minimum Gasteiger partial charge on any atom is -0.469 e. The van der Waals surface area contributed by atoms with E-state index in [1.165, 1.54) is 26.2 Å². The molecule has 0 spiro atoms. The highest BCUT2D eigenvalue weighted by atomic mass is 32.2. The van der Waals surface area contributed by atoms with Crippen LogP contribution in [0.25, 0.3) is 0 Å². The van der Waals surface area contributed by atoms with Gasteiger partial charge in [0.1, 0.15) is 11.6 Å². The van der Waals surface area contributed by atoms with Crippen molar-refractivity contribution in [3.05, 3.63) is 53.7 Å². The first-order valence-corrected chi connectivity index (χ1v) is 8.18. The maximum absolute atomic E-state index is 13.1. The highest BCUT2D eigenvalue weighted by Gasteiger charge is 2.26. The van der Waals surface area contributed by atoms with Crippen LogP contribution in [0.2, 0.25) is 0 Å². The number of rotatable bonds is 6. The average Bonchev–Trinajstić information content (AvgIpc) is 2.88. The molecule has 22 heavy (non-hydrogen) atoms. The molecule has 1 heterocycles. The zero-order valence-electron chi connectivity index (χ0n) is 12.3. The predicted octanol–water partition coefficient (Wildman–Crippen LogP) is 2.00. The largest absolute Gasteiger partial charge is 0.469 e. The highest BCUT2D eigenvalue weighted by molar-refractivity contribution is 7.89. The molecule has 0 unspecified atom stereocenters. The number of nitrogens with one attached hydrogen (secondary N) is 1. The first-order chi connectivity index (χ1) is 10.2. The molecule has 120 valence electrons. The van der Waals surface area contributed by atoms with Gasteiger partial charge in [0.2, 0.25) is 10.0 Å². The molecule has 2 N–H and O–H groups in total. The maximum Gasteiger partial charge on any atom is 0.240 e. The molecule has 0 saturated heterocycles. The van der Waals surface area contributed by atoms with E-state index in [-0.39, 0.29) is 17.9 Å². The Morgan fingerprint density at radius 1 is 1.36 bits per heavy atom. The van der Waals surface area contributed by atoms with E-state index in [1.54, 1.807) is 12.1 Å². The summed E-state index contributed by atoms with van der Waals surface area (Å²) in [6.07, 6.45) is 1.66. The van der Waals surface area contributed by atoms with Gasteiger partial charge in [-0.2, -0.15) is 0 Å². The molecule has 0 amide bonds. The van der Waals surface area contributed by atoms with E-state index in [9.17, 15) is 17.9 Å². The van der Waals surface area contributed by atoms with Crippen LogP contribution in [0, 0.1) is 12.7 Å². The van der Waals surface area contributed by atoms with Crippen LogP contribution in [0.15, 0.2) is 45.9 Å². The van der Waals surface area contributed by atoms with Crippen molar-refractivity contribution in [2.24, 2.45) is 0 Å². The third kappa shape index (κ3) is 4.16. The van der Waals surface area contributed by atoms with Crippen molar-refractivity contribution in [2.45, 2.75) is 30.8 Å². The summed E-state index contributed by atoms with van der Waals surface area (Å²) in [5.74, 6) is 0.0587. The van der Waals surface area contributed by atoms with Gasteiger partial charge in [-0.05, 0) is 49.7 Å². The zero-order chi connectivity index (χ0) is 16.4. The van der Waals surface area contributed by atoms with Gasteiger partial charge in [0.15, 0.2) is 0 Å². The molecule has 1 aromatic carbocycles. The molecule has 0 saturated carbocycles. The monoisotopic (exact) mass is 327 g/mol. The van der Waals surface area contributed by atoms with Crippen molar-refractivity contribution >= 4 is 10.0 Å². The third-order valence-electron chi connectivity index (χ3n) is 3.20. The molecular formula is C15H18FNO4S. The number of hydrogen-bond acceptors (Lipinski definition) is 4. The minimum absolute atomic E-state index is 0.0114. The summed E-state index contributed by atoms with van der Waals surface area (Å²) in [6.45, 7) is 2.83. The Bertz CT molecular complexity index is 739. The molecule has 7 heteroatoms. The summed E-state index contributed by atoms with van der Waals surface area (Å²) >= 11 is 0. The topological polar surface area (TPSA) is 79.5 Å². The Kier molecular flexibility index (Phi) is 4.69. The van der Waals surface area contributed by atoms with Gasteiger partial charge < -0.3 is 9.52 Å². The zero-order valence-corrected chi connectivity index (χ0v) is 13.2. The predicted molar refractivity (Wildman–Crippen MR) is 79.4 cm³/mol. The van der Waals surface area contributed by atoms with Crippen LogP contribution in [-0.2, 0) is 16.4 Å². The molecule has 1 aromatic heterocycles. The lowest BCUT2D eigenvalue weighted by Gasteiger charge is -2.22. The lowest BCUT2D eigenvalue weighted by molar-refractivity contribution is 0.0603. The summed E-state index contributed by atoms with van der Waals surface area (Å²) < 4.78 is 45.0. The molecule has 0 fully saturated rings. The standard InChI is InChI=1S/C15H18FNO4S/c1-11-8-12(16)5-6-14(11)22(19,20)17-10-15(2,18)9-13-4-3-7-21-13/h3-8,17-18H,9-10H2,1-2H3/t15-/m0/s1. The number of furan rings is 1. The minimum atomic E-state index is -3.83. The van der Waals surface area contributed by atoms with Gasteiger partial charge in [-0.25, -0.2) is 17.5 Å².